The lowest BCUT2D eigenvalue weighted by atomic mass is 10.1. The average Bonchev–Trinajstić information content (AvgIpc) is 2.44. The molecule has 0 aliphatic rings. The van der Waals surface area contributed by atoms with Crippen molar-refractivity contribution in [3.8, 4) is 11.5 Å². The van der Waals surface area contributed by atoms with Crippen molar-refractivity contribution in [2.75, 3.05) is 0 Å². The maximum Gasteiger partial charge on any atom is 0.264 e. The molecule has 1 aromatic carbocycles. The second-order valence-corrected chi connectivity index (χ2v) is 5.73. The molecule has 0 bridgehead atoms. The highest BCUT2D eigenvalue weighted by molar-refractivity contribution is 14.1. The van der Waals surface area contributed by atoms with Crippen LogP contribution in [0.2, 0.25) is 0 Å². The number of para-hydroxylation sites is 1. The van der Waals surface area contributed by atoms with Crippen LogP contribution in [0.1, 0.15) is 11.3 Å². The number of aromatic amines is 1. The van der Waals surface area contributed by atoms with Gasteiger partial charge in [-0.05, 0) is 54.1 Å². The Kier molecular flexibility index (Phi) is 3.29. The minimum absolute atomic E-state index is 0.124. The van der Waals surface area contributed by atoms with Crippen molar-refractivity contribution in [1.82, 2.24) is 15.0 Å². The maximum atomic E-state index is 11.9. The number of benzene rings is 1. The van der Waals surface area contributed by atoms with Gasteiger partial charge in [0.2, 0.25) is 0 Å². The summed E-state index contributed by atoms with van der Waals surface area (Å²) in [6, 6.07) is 9.90. The van der Waals surface area contributed by atoms with Gasteiger partial charge in [0.05, 0.1) is 14.8 Å². The molecule has 0 amide bonds. The van der Waals surface area contributed by atoms with Crippen molar-refractivity contribution in [1.29, 1.82) is 0 Å². The first kappa shape index (κ1) is 13.2. The van der Waals surface area contributed by atoms with Crippen LogP contribution in [0.3, 0.4) is 0 Å². The van der Waals surface area contributed by atoms with Gasteiger partial charge in [-0.25, -0.2) is 9.97 Å². The molecule has 0 saturated heterocycles. The molecule has 0 spiro atoms. The molecule has 0 fully saturated rings. The zero-order chi connectivity index (χ0) is 14.3. The van der Waals surface area contributed by atoms with Gasteiger partial charge in [0, 0.05) is 5.39 Å². The van der Waals surface area contributed by atoms with Gasteiger partial charge in [0.1, 0.15) is 5.69 Å². The Balaban J connectivity index is 2.27. The number of pyridine rings is 1. The normalized spacial score (nSPS) is 10.9. The predicted octanol–water partition coefficient (Wildman–Crippen LogP) is 3.21. The van der Waals surface area contributed by atoms with Gasteiger partial charge in [-0.3, -0.25) is 4.79 Å². The lowest BCUT2D eigenvalue weighted by molar-refractivity contribution is 1.04. The topological polar surface area (TPSA) is 58.6 Å². The third-order valence-electron chi connectivity index (χ3n) is 3.19. The molecule has 0 saturated carbocycles. The van der Waals surface area contributed by atoms with Crippen molar-refractivity contribution >= 4 is 33.5 Å². The van der Waals surface area contributed by atoms with Crippen LogP contribution < -0.4 is 5.56 Å². The Morgan fingerprint density at radius 3 is 2.65 bits per heavy atom. The van der Waals surface area contributed by atoms with Crippen molar-refractivity contribution in [3.63, 3.8) is 0 Å². The van der Waals surface area contributed by atoms with E-state index in [2.05, 4.69) is 15.0 Å². The molecule has 2 aromatic heterocycles. The van der Waals surface area contributed by atoms with Gasteiger partial charge in [-0.2, -0.15) is 0 Å². The second-order valence-electron chi connectivity index (χ2n) is 4.66. The summed E-state index contributed by atoms with van der Waals surface area (Å²) in [4.78, 5) is 23.6. The Labute approximate surface area is 129 Å². The fourth-order valence-corrected chi connectivity index (χ4v) is 2.42. The highest BCUT2D eigenvalue weighted by atomic mass is 127. The van der Waals surface area contributed by atoms with Crippen LogP contribution in [-0.2, 0) is 0 Å². The van der Waals surface area contributed by atoms with Gasteiger partial charge in [0.25, 0.3) is 5.56 Å². The molecule has 0 unspecified atom stereocenters. The molecule has 100 valence electrons. The van der Waals surface area contributed by atoms with E-state index in [9.17, 15) is 4.79 Å². The summed E-state index contributed by atoms with van der Waals surface area (Å²) in [5.74, 6) is 0.516. The molecule has 4 nitrogen and oxygen atoms in total. The zero-order valence-corrected chi connectivity index (χ0v) is 13.2. The van der Waals surface area contributed by atoms with Gasteiger partial charge in [-0.15, -0.1) is 0 Å². The molecule has 0 atom stereocenters. The Morgan fingerprint density at radius 1 is 1.15 bits per heavy atom. The van der Waals surface area contributed by atoms with Crippen molar-refractivity contribution in [3.05, 3.63) is 55.5 Å². The summed E-state index contributed by atoms with van der Waals surface area (Å²) in [6.45, 7) is 3.86. The number of halogens is 1. The second kappa shape index (κ2) is 4.97. The largest absolute Gasteiger partial charge is 0.304 e. The number of hydrogen-bond acceptors (Lipinski definition) is 3. The number of H-pyrrole nitrogens is 1. The summed E-state index contributed by atoms with van der Waals surface area (Å²) in [5, 5.41) is 1.11. The molecule has 20 heavy (non-hydrogen) atoms. The zero-order valence-electron chi connectivity index (χ0n) is 11.1. The van der Waals surface area contributed by atoms with E-state index in [1.165, 1.54) is 0 Å². The molecule has 0 radical (unpaired) electrons. The predicted molar refractivity (Wildman–Crippen MR) is 87.8 cm³/mol. The van der Waals surface area contributed by atoms with Gasteiger partial charge < -0.3 is 4.98 Å². The number of hydrogen-bond donors (Lipinski definition) is 1. The van der Waals surface area contributed by atoms with E-state index in [1.54, 1.807) is 0 Å². The maximum absolute atomic E-state index is 11.9. The fourth-order valence-electron chi connectivity index (χ4n) is 2.16. The van der Waals surface area contributed by atoms with Gasteiger partial charge >= 0.3 is 0 Å². The molecular weight excluding hydrogens is 365 g/mol. The minimum Gasteiger partial charge on any atom is -0.304 e. The standard InChI is InChI=1S/C15H12IN3O/c1-8-7-12(18-11-6-4-3-5-10(8)11)14-17-9(2)13(16)15(20)19-14/h3-7H,1-2H3,(H,17,19,20). The van der Waals surface area contributed by atoms with Gasteiger partial charge in [0.15, 0.2) is 5.82 Å². The summed E-state index contributed by atoms with van der Waals surface area (Å²) in [7, 11) is 0. The molecular formula is C15H12IN3O. The Bertz CT molecular complexity index is 871. The van der Waals surface area contributed by atoms with Crippen LogP contribution in [0.5, 0.6) is 0 Å². The number of fused-ring (bicyclic) bond motifs is 1. The van der Waals surface area contributed by atoms with Crippen LogP contribution in [0.4, 0.5) is 0 Å². The summed E-state index contributed by atoms with van der Waals surface area (Å²) in [5.41, 5.74) is 3.31. The molecule has 3 rings (SSSR count). The van der Waals surface area contributed by atoms with Crippen LogP contribution in [-0.4, -0.2) is 15.0 Å². The van der Waals surface area contributed by atoms with Crippen LogP contribution >= 0.6 is 22.6 Å². The molecule has 3 aromatic rings. The average molecular weight is 377 g/mol. The van der Waals surface area contributed by atoms with Crippen LogP contribution in [0, 0.1) is 17.4 Å². The smallest absolute Gasteiger partial charge is 0.264 e. The van der Waals surface area contributed by atoms with Crippen LogP contribution in [0.15, 0.2) is 35.1 Å². The third-order valence-corrected chi connectivity index (χ3v) is 4.46. The quantitative estimate of drug-likeness (QED) is 0.663. The van der Waals surface area contributed by atoms with Crippen molar-refractivity contribution in [2.24, 2.45) is 0 Å². The fraction of sp³-hybridized carbons (Fsp3) is 0.133. The molecule has 2 heterocycles. The minimum atomic E-state index is -0.124. The Morgan fingerprint density at radius 2 is 1.90 bits per heavy atom. The number of nitrogens with one attached hydrogen (secondary N) is 1. The van der Waals surface area contributed by atoms with E-state index in [4.69, 9.17) is 0 Å². The first-order chi connectivity index (χ1) is 9.56. The first-order valence-electron chi connectivity index (χ1n) is 6.19. The van der Waals surface area contributed by atoms with E-state index in [0.29, 0.717) is 15.1 Å². The van der Waals surface area contributed by atoms with E-state index in [0.717, 1.165) is 22.2 Å². The lowest BCUT2D eigenvalue weighted by Gasteiger charge is -2.07. The number of aromatic nitrogens is 3. The lowest BCUT2D eigenvalue weighted by Crippen LogP contribution is -2.15. The number of aryl methyl sites for hydroxylation is 2. The van der Waals surface area contributed by atoms with Gasteiger partial charge in [-0.1, -0.05) is 18.2 Å². The number of nitrogens with zero attached hydrogens (tertiary/aromatic N) is 2. The first-order valence-corrected chi connectivity index (χ1v) is 7.27. The molecule has 5 heteroatoms. The summed E-state index contributed by atoms with van der Waals surface area (Å²) >= 11 is 2.00. The van der Waals surface area contributed by atoms with E-state index in [1.807, 2.05) is 66.8 Å². The highest BCUT2D eigenvalue weighted by Gasteiger charge is 2.10. The molecule has 1 N–H and O–H groups in total. The summed E-state index contributed by atoms with van der Waals surface area (Å²) < 4.78 is 0.615. The Hall–Kier alpha value is -1.76. The number of rotatable bonds is 1. The summed E-state index contributed by atoms with van der Waals surface area (Å²) in [6.07, 6.45) is 0. The van der Waals surface area contributed by atoms with E-state index >= 15 is 0 Å². The molecule has 0 aliphatic carbocycles. The van der Waals surface area contributed by atoms with Crippen molar-refractivity contribution < 1.29 is 0 Å². The van der Waals surface area contributed by atoms with Crippen LogP contribution in [0.25, 0.3) is 22.4 Å². The SMILES string of the molecule is Cc1nc(-c2cc(C)c3ccccc3n2)[nH]c(=O)c1I. The van der Waals surface area contributed by atoms with E-state index < -0.39 is 0 Å². The highest BCUT2D eigenvalue weighted by Crippen LogP contribution is 2.22. The third kappa shape index (κ3) is 2.22. The monoisotopic (exact) mass is 377 g/mol. The van der Waals surface area contributed by atoms with Crippen molar-refractivity contribution in [2.45, 2.75) is 13.8 Å². The van der Waals surface area contributed by atoms with E-state index in [-0.39, 0.29) is 5.56 Å². The molecule has 0 aliphatic heterocycles.